The summed E-state index contributed by atoms with van der Waals surface area (Å²) in [6.07, 6.45) is 2.26. The molecule has 1 aromatic carbocycles. The predicted molar refractivity (Wildman–Crippen MR) is 70.0 cm³/mol. The zero-order valence-corrected chi connectivity index (χ0v) is 9.85. The number of anilines is 2. The topological polar surface area (TPSA) is 94.3 Å². The summed E-state index contributed by atoms with van der Waals surface area (Å²) < 4.78 is 5.17. The van der Waals surface area contributed by atoms with Crippen molar-refractivity contribution in [1.29, 1.82) is 0 Å². The summed E-state index contributed by atoms with van der Waals surface area (Å²) in [7, 11) is 0. The van der Waals surface area contributed by atoms with Gasteiger partial charge in [0.1, 0.15) is 5.76 Å². The van der Waals surface area contributed by atoms with E-state index in [2.05, 4.69) is 5.32 Å². The van der Waals surface area contributed by atoms with Crippen LogP contribution in [0.3, 0.4) is 0 Å². The fourth-order valence-electron chi connectivity index (χ4n) is 1.66. The number of nitrogens with two attached hydrogens (primary N) is 2. The van der Waals surface area contributed by atoms with Crippen LogP contribution in [0.4, 0.5) is 11.4 Å². The number of hydrogen-bond acceptors (Lipinski definition) is 4. The summed E-state index contributed by atoms with van der Waals surface area (Å²) in [6.45, 7) is 0.501. The quantitative estimate of drug-likeness (QED) is 0.710. The molecule has 0 aliphatic carbocycles. The molecule has 2 rings (SSSR count). The van der Waals surface area contributed by atoms with Crippen LogP contribution in [-0.2, 0) is 6.42 Å². The Kier molecular flexibility index (Phi) is 3.52. The summed E-state index contributed by atoms with van der Waals surface area (Å²) in [5, 5.41) is 2.78. The van der Waals surface area contributed by atoms with Gasteiger partial charge >= 0.3 is 0 Å². The van der Waals surface area contributed by atoms with Gasteiger partial charge in [-0.05, 0) is 30.3 Å². The minimum atomic E-state index is -0.194. The van der Waals surface area contributed by atoms with Crippen molar-refractivity contribution >= 4 is 17.3 Å². The second-order valence-corrected chi connectivity index (χ2v) is 3.97. The maximum Gasteiger partial charge on any atom is 0.251 e. The molecule has 5 nitrogen and oxygen atoms in total. The molecule has 0 aliphatic heterocycles. The Labute approximate surface area is 105 Å². The van der Waals surface area contributed by atoms with Crippen LogP contribution in [0.5, 0.6) is 0 Å². The van der Waals surface area contributed by atoms with Crippen molar-refractivity contribution in [3.63, 3.8) is 0 Å². The normalized spacial score (nSPS) is 10.2. The maximum atomic E-state index is 11.8. The molecule has 1 heterocycles. The number of furan rings is 1. The molecular weight excluding hydrogens is 230 g/mol. The molecule has 5 N–H and O–H groups in total. The summed E-state index contributed by atoms with van der Waals surface area (Å²) in [6, 6.07) is 8.48. The zero-order chi connectivity index (χ0) is 13.0. The second-order valence-electron chi connectivity index (χ2n) is 3.97. The van der Waals surface area contributed by atoms with Crippen LogP contribution in [0.25, 0.3) is 0 Å². The molecule has 0 atom stereocenters. The summed E-state index contributed by atoms with van der Waals surface area (Å²) >= 11 is 0. The van der Waals surface area contributed by atoms with Crippen LogP contribution in [0.2, 0.25) is 0 Å². The monoisotopic (exact) mass is 245 g/mol. The first-order valence-corrected chi connectivity index (χ1v) is 5.62. The number of carbonyl (C=O) groups is 1. The van der Waals surface area contributed by atoms with Crippen LogP contribution in [0.1, 0.15) is 16.1 Å². The first kappa shape index (κ1) is 12.0. The highest BCUT2D eigenvalue weighted by Crippen LogP contribution is 2.13. The third-order valence-corrected chi connectivity index (χ3v) is 2.48. The van der Waals surface area contributed by atoms with Crippen LogP contribution in [0.15, 0.2) is 41.0 Å². The molecule has 1 amide bonds. The maximum absolute atomic E-state index is 11.8. The van der Waals surface area contributed by atoms with Gasteiger partial charge in [0.05, 0.1) is 6.26 Å². The first-order valence-electron chi connectivity index (χ1n) is 5.62. The summed E-state index contributed by atoms with van der Waals surface area (Å²) in [4.78, 5) is 11.8. The molecule has 0 fully saturated rings. The van der Waals surface area contributed by atoms with Crippen molar-refractivity contribution in [2.24, 2.45) is 0 Å². The van der Waals surface area contributed by atoms with E-state index in [1.54, 1.807) is 24.5 Å². The van der Waals surface area contributed by atoms with Crippen LogP contribution >= 0.6 is 0 Å². The lowest BCUT2D eigenvalue weighted by Gasteiger charge is -2.06. The van der Waals surface area contributed by atoms with Gasteiger partial charge < -0.3 is 21.2 Å². The van der Waals surface area contributed by atoms with E-state index in [1.807, 2.05) is 12.1 Å². The van der Waals surface area contributed by atoms with Gasteiger partial charge in [-0.25, -0.2) is 0 Å². The fraction of sp³-hybridized carbons (Fsp3) is 0.154. The van der Waals surface area contributed by atoms with Crippen LogP contribution in [0, 0.1) is 0 Å². The number of benzene rings is 1. The van der Waals surface area contributed by atoms with Gasteiger partial charge in [0.2, 0.25) is 0 Å². The highest BCUT2D eigenvalue weighted by molar-refractivity contribution is 5.96. The van der Waals surface area contributed by atoms with Crippen molar-refractivity contribution in [3.05, 3.63) is 47.9 Å². The molecule has 0 saturated heterocycles. The number of amides is 1. The highest BCUT2D eigenvalue weighted by atomic mass is 16.3. The Balaban J connectivity index is 1.91. The van der Waals surface area contributed by atoms with E-state index in [1.165, 1.54) is 0 Å². The van der Waals surface area contributed by atoms with Gasteiger partial charge in [-0.2, -0.15) is 0 Å². The van der Waals surface area contributed by atoms with Crippen LogP contribution in [-0.4, -0.2) is 12.5 Å². The Morgan fingerprint density at radius 1 is 1.22 bits per heavy atom. The Bertz CT molecular complexity index is 515. The molecule has 0 radical (unpaired) electrons. The number of nitrogens with one attached hydrogen (secondary N) is 1. The minimum Gasteiger partial charge on any atom is -0.469 e. The van der Waals surface area contributed by atoms with E-state index in [9.17, 15) is 4.79 Å². The summed E-state index contributed by atoms with van der Waals surface area (Å²) in [5.41, 5.74) is 12.7. The van der Waals surface area contributed by atoms with Gasteiger partial charge in [0, 0.05) is 29.9 Å². The van der Waals surface area contributed by atoms with Crippen molar-refractivity contribution in [1.82, 2.24) is 5.32 Å². The average molecular weight is 245 g/mol. The lowest BCUT2D eigenvalue weighted by molar-refractivity contribution is 0.0954. The third-order valence-electron chi connectivity index (χ3n) is 2.48. The molecule has 0 unspecified atom stereocenters. The van der Waals surface area contributed by atoms with Gasteiger partial charge in [0.15, 0.2) is 0 Å². The third kappa shape index (κ3) is 3.04. The molecule has 18 heavy (non-hydrogen) atoms. The SMILES string of the molecule is Nc1cc(N)cc(C(=O)NCCc2ccco2)c1. The van der Waals surface area contributed by atoms with E-state index in [-0.39, 0.29) is 5.91 Å². The van der Waals surface area contributed by atoms with Gasteiger partial charge in [-0.3, -0.25) is 4.79 Å². The van der Waals surface area contributed by atoms with E-state index >= 15 is 0 Å². The van der Waals surface area contributed by atoms with Gasteiger partial charge in [0.25, 0.3) is 5.91 Å². The average Bonchev–Trinajstić information content (AvgIpc) is 2.80. The second kappa shape index (κ2) is 5.27. The molecule has 0 saturated carbocycles. The highest BCUT2D eigenvalue weighted by Gasteiger charge is 2.07. The van der Waals surface area contributed by atoms with Gasteiger partial charge in [-0.15, -0.1) is 0 Å². The zero-order valence-electron chi connectivity index (χ0n) is 9.85. The molecule has 0 bridgehead atoms. The molecule has 2 aromatic rings. The molecule has 0 aliphatic rings. The number of hydrogen-bond donors (Lipinski definition) is 3. The predicted octanol–water partition coefficient (Wildman–Crippen LogP) is 1.42. The lowest BCUT2D eigenvalue weighted by Crippen LogP contribution is -2.25. The molecule has 5 heteroatoms. The van der Waals surface area contributed by atoms with Crippen molar-refractivity contribution in [2.45, 2.75) is 6.42 Å². The standard InChI is InChI=1S/C13H15N3O2/c14-10-6-9(7-11(15)8-10)13(17)16-4-3-12-2-1-5-18-12/h1-2,5-8H,3-4,14-15H2,(H,16,17). The van der Waals surface area contributed by atoms with E-state index < -0.39 is 0 Å². The number of nitrogen functional groups attached to an aromatic ring is 2. The smallest absolute Gasteiger partial charge is 0.251 e. The minimum absolute atomic E-state index is 0.194. The first-order chi connectivity index (χ1) is 8.65. The number of carbonyl (C=O) groups excluding carboxylic acids is 1. The number of rotatable bonds is 4. The molecule has 94 valence electrons. The van der Waals surface area contributed by atoms with Gasteiger partial charge in [-0.1, -0.05) is 0 Å². The van der Waals surface area contributed by atoms with E-state index in [0.717, 1.165) is 5.76 Å². The van der Waals surface area contributed by atoms with Crippen molar-refractivity contribution < 1.29 is 9.21 Å². The summed E-state index contributed by atoms with van der Waals surface area (Å²) in [5.74, 6) is 0.642. The Morgan fingerprint density at radius 2 is 1.94 bits per heavy atom. The van der Waals surface area contributed by atoms with E-state index in [0.29, 0.717) is 29.9 Å². The Morgan fingerprint density at radius 3 is 2.56 bits per heavy atom. The van der Waals surface area contributed by atoms with Crippen molar-refractivity contribution in [3.8, 4) is 0 Å². The lowest BCUT2D eigenvalue weighted by atomic mass is 10.1. The molecular formula is C13H15N3O2. The van der Waals surface area contributed by atoms with Crippen molar-refractivity contribution in [2.75, 3.05) is 18.0 Å². The molecule has 0 spiro atoms. The Hall–Kier alpha value is -2.43. The van der Waals surface area contributed by atoms with E-state index in [4.69, 9.17) is 15.9 Å². The largest absolute Gasteiger partial charge is 0.469 e. The van der Waals surface area contributed by atoms with Crippen LogP contribution < -0.4 is 16.8 Å². The molecule has 1 aromatic heterocycles. The fourth-order valence-corrected chi connectivity index (χ4v) is 1.66.